The number of aromatic amines is 1. The van der Waals surface area contributed by atoms with Gasteiger partial charge in [-0.2, -0.15) is 5.10 Å². The number of aromatic nitrogens is 2. The Balaban J connectivity index is 0.00000192. The van der Waals surface area contributed by atoms with Gasteiger partial charge in [-0.25, -0.2) is 4.39 Å². The van der Waals surface area contributed by atoms with Gasteiger partial charge in [-0.3, -0.25) is 10.00 Å². The van der Waals surface area contributed by atoms with Crippen LogP contribution in [0.5, 0.6) is 0 Å². The fourth-order valence-electron chi connectivity index (χ4n) is 2.93. The number of anilines is 1. The van der Waals surface area contributed by atoms with Crippen molar-refractivity contribution in [2.75, 3.05) is 37.6 Å². The number of fused-ring (bicyclic) bond motifs is 1. The van der Waals surface area contributed by atoms with Crippen LogP contribution in [-0.4, -0.2) is 58.5 Å². The number of β-amino-alcohol motifs (C(OH)–C–C–N with tert-alkyl or cyclic N) is 1. The van der Waals surface area contributed by atoms with E-state index in [1.807, 2.05) is 13.8 Å². The first-order chi connectivity index (χ1) is 10.5. The second-order valence-electron chi connectivity index (χ2n) is 6.35. The van der Waals surface area contributed by atoms with E-state index in [4.69, 9.17) is 0 Å². The molecule has 128 valence electrons. The predicted molar refractivity (Wildman–Crippen MR) is 92.9 cm³/mol. The largest absolute Gasteiger partial charge is 0.389 e. The normalized spacial score (nSPS) is 18.7. The third kappa shape index (κ3) is 3.94. The maximum Gasteiger partial charge on any atom is 0.158 e. The molecule has 1 aliphatic rings. The van der Waals surface area contributed by atoms with E-state index < -0.39 is 5.60 Å². The van der Waals surface area contributed by atoms with E-state index in [0.29, 0.717) is 6.54 Å². The standard InChI is InChI=1S/C16H23FN4O.ClH/c1-3-16(2,22)11-20-6-8-21(9-7-20)15-13-5-4-12(17)10-14(13)18-19-15;/h4-5,10,22H,3,6-9,11H2,1-2H3,(H,18,19);1H. The lowest BCUT2D eigenvalue weighted by Gasteiger charge is -2.38. The molecule has 23 heavy (non-hydrogen) atoms. The monoisotopic (exact) mass is 342 g/mol. The van der Waals surface area contributed by atoms with Gasteiger partial charge in [0.2, 0.25) is 0 Å². The lowest BCUT2D eigenvalue weighted by molar-refractivity contribution is 0.0149. The minimum absolute atomic E-state index is 0. The van der Waals surface area contributed by atoms with E-state index in [1.165, 1.54) is 12.1 Å². The van der Waals surface area contributed by atoms with Gasteiger partial charge in [-0.05, 0) is 31.5 Å². The average Bonchev–Trinajstić information content (AvgIpc) is 2.90. The van der Waals surface area contributed by atoms with Crippen LogP contribution in [0, 0.1) is 5.82 Å². The van der Waals surface area contributed by atoms with Gasteiger partial charge >= 0.3 is 0 Å². The van der Waals surface area contributed by atoms with Crippen molar-refractivity contribution in [3.05, 3.63) is 24.0 Å². The molecule has 0 amide bonds. The quantitative estimate of drug-likeness (QED) is 0.896. The van der Waals surface area contributed by atoms with Crippen molar-refractivity contribution in [2.45, 2.75) is 25.9 Å². The van der Waals surface area contributed by atoms with Crippen molar-refractivity contribution < 1.29 is 9.50 Å². The first-order valence-corrected chi connectivity index (χ1v) is 7.82. The molecule has 0 aliphatic carbocycles. The molecule has 2 aromatic rings. The van der Waals surface area contributed by atoms with Crippen LogP contribution in [0.25, 0.3) is 10.9 Å². The number of hydrogen-bond acceptors (Lipinski definition) is 4. The molecule has 1 saturated heterocycles. The Hall–Kier alpha value is -1.37. The average molecular weight is 343 g/mol. The molecule has 0 spiro atoms. The second kappa shape index (κ2) is 7.03. The highest BCUT2D eigenvalue weighted by molar-refractivity contribution is 5.90. The highest BCUT2D eigenvalue weighted by atomic mass is 35.5. The summed E-state index contributed by atoms with van der Waals surface area (Å²) in [5.74, 6) is 0.631. The molecule has 0 radical (unpaired) electrons. The first kappa shape index (κ1) is 18.0. The zero-order valence-corrected chi connectivity index (χ0v) is 14.4. The Bertz CT molecular complexity index is 653. The van der Waals surface area contributed by atoms with Crippen LogP contribution in [0.2, 0.25) is 0 Å². The van der Waals surface area contributed by atoms with Gasteiger partial charge in [0.25, 0.3) is 0 Å². The predicted octanol–water partition coefficient (Wildman–Crippen LogP) is 2.41. The fraction of sp³-hybridized carbons (Fsp3) is 0.562. The summed E-state index contributed by atoms with van der Waals surface area (Å²) in [6.07, 6.45) is 0.753. The van der Waals surface area contributed by atoms with Crippen molar-refractivity contribution in [3.63, 3.8) is 0 Å². The summed E-state index contributed by atoms with van der Waals surface area (Å²) >= 11 is 0. The number of nitrogens with one attached hydrogen (secondary N) is 1. The Kier molecular flexibility index (Phi) is 5.49. The van der Waals surface area contributed by atoms with Crippen LogP contribution >= 0.6 is 12.4 Å². The number of piperazine rings is 1. The molecule has 1 unspecified atom stereocenters. The van der Waals surface area contributed by atoms with Gasteiger partial charge in [0.05, 0.1) is 11.1 Å². The molecule has 1 aromatic heterocycles. The second-order valence-corrected chi connectivity index (χ2v) is 6.35. The smallest absolute Gasteiger partial charge is 0.158 e. The van der Waals surface area contributed by atoms with E-state index in [9.17, 15) is 9.50 Å². The highest BCUT2D eigenvalue weighted by Crippen LogP contribution is 2.25. The molecule has 2 heterocycles. The summed E-state index contributed by atoms with van der Waals surface area (Å²) in [5, 5.41) is 18.4. The minimum Gasteiger partial charge on any atom is -0.389 e. The zero-order valence-electron chi connectivity index (χ0n) is 13.5. The molecule has 1 atom stereocenters. The van der Waals surface area contributed by atoms with E-state index in [-0.39, 0.29) is 18.2 Å². The van der Waals surface area contributed by atoms with Crippen molar-refractivity contribution in [1.29, 1.82) is 0 Å². The lowest BCUT2D eigenvalue weighted by atomic mass is 10.0. The van der Waals surface area contributed by atoms with E-state index >= 15 is 0 Å². The minimum atomic E-state index is -0.626. The molecule has 1 fully saturated rings. The van der Waals surface area contributed by atoms with Crippen LogP contribution in [0.3, 0.4) is 0 Å². The Morgan fingerprint density at radius 3 is 2.65 bits per heavy atom. The molecule has 0 saturated carbocycles. The Labute approximate surface area is 141 Å². The van der Waals surface area contributed by atoms with E-state index in [0.717, 1.165) is 49.3 Å². The number of hydrogen-bond donors (Lipinski definition) is 2. The maximum absolute atomic E-state index is 13.2. The van der Waals surface area contributed by atoms with Crippen molar-refractivity contribution in [1.82, 2.24) is 15.1 Å². The molecule has 1 aromatic carbocycles. The number of aliphatic hydroxyl groups is 1. The van der Waals surface area contributed by atoms with E-state index in [1.54, 1.807) is 6.07 Å². The van der Waals surface area contributed by atoms with Gasteiger partial charge < -0.3 is 10.0 Å². The van der Waals surface area contributed by atoms with Gasteiger partial charge in [0, 0.05) is 38.1 Å². The SMILES string of the molecule is CCC(C)(O)CN1CCN(c2n[nH]c3cc(F)ccc23)CC1.Cl. The van der Waals surface area contributed by atoms with Crippen LogP contribution in [-0.2, 0) is 0 Å². The first-order valence-electron chi connectivity index (χ1n) is 7.82. The molecule has 3 rings (SSSR count). The van der Waals surface area contributed by atoms with Crippen LogP contribution in [0.15, 0.2) is 18.2 Å². The third-order valence-corrected chi connectivity index (χ3v) is 4.50. The van der Waals surface area contributed by atoms with Gasteiger partial charge in [-0.1, -0.05) is 6.92 Å². The summed E-state index contributed by atoms with van der Waals surface area (Å²) in [5.41, 5.74) is 0.102. The molecule has 7 heteroatoms. The summed E-state index contributed by atoms with van der Waals surface area (Å²) < 4.78 is 13.2. The molecular formula is C16H24ClFN4O. The molecule has 0 bridgehead atoms. The van der Waals surface area contributed by atoms with Crippen molar-refractivity contribution in [3.8, 4) is 0 Å². The summed E-state index contributed by atoms with van der Waals surface area (Å²) in [4.78, 5) is 4.50. The summed E-state index contributed by atoms with van der Waals surface area (Å²) in [7, 11) is 0. The fourth-order valence-corrected chi connectivity index (χ4v) is 2.93. The molecular weight excluding hydrogens is 319 g/mol. The number of benzene rings is 1. The van der Waals surface area contributed by atoms with Gasteiger partial charge in [0.15, 0.2) is 5.82 Å². The van der Waals surface area contributed by atoms with E-state index in [2.05, 4.69) is 20.0 Å². The van der Waals surface area contributed by atoms with Gasteiger partial charge in [0.1, 0.15) is 5.82 Å². The zero-order chi connectivity index (χ0) is 15.7. The van der Waals surface area contributed by atoms with Gasteiger partial charge in [-0.15, -0.1) is 12.4 Å². The topological polar surface area (TPSA) is 55.4 Å². The molecule has 1 aliphatic heterocycles. The van der Waals surface area contributed by atoms with Crippen LogP contribution in [0.1, 0.15) is 20.3 Å². The van der Waals surface area contributed by atoms with Crippen molar-refractivity contribution in [2.24, 2.45) is 0 Å². The summed E-state index contributed by atoms with van der Waals surface area (Å²) in [6.45, 7) is 8.09. The Morgan fingerprint density at radius 1 is 1.30 bits per heavy atom. The number of halogens is 2. The van der Waals surface area contributed by atoms with Crippen LogP contribution < -0.4 is 4.90 Å². The number of H-pyrrole nitrogens is 1. The third-order valence-electron chi connectivity index (χ3n) is 4.50. The lowest BCUT2D eigenvalue weighted by Crippen LogP contribution is -2.51. The Morgan fingerprint density at radius 2 is 2.00 bits per heavy atom. The van der Waals surface area contributed by atoms with Crippen LogP contribution in [0.4, 0.5) is 10.2 Å². The number of rotatable bonds is 4. The molecule has 5 nitrogen and oxygen atoms in total. The molecule has 2 N–H and O–H groups in total. The highest BCUT2D eigenvalue weighted by Gasteiger charge is 2.26. The number of nitrogens with zero attached hydrogens (tertiary/aromatic N) is 3. The summed E-state index contributed by atoms with van der Waals surface area (Å²) in [6, 6.07) is 4.72. The maximum atomic E-state index is 13.2. The van der Waals surface area contributed by atoms with Crippen molar-refractivity contribution >= 4 is 29.1 Å².